The topological polar surface area (TPSA) is 136 Å². The van der Waals surface area contributed by atoms with Crippen LogP contribution in [0, 0.1) is 0 Å². The van der Waals surface area contributed by atoms with E-state index in [-0.39, 0.29) is 30.7 Å². The molecule has 212 valence electrons. The Morgan fingerprint density at radius 1 is 0.950 bits per heavy atom. The van der Waals surface area contributed by atoms with E-state index in [1.165, 1.54) is 17.7 Å². The van der Waals surface area contributed by atoms with Crippen molar-refractivity contribution in [2.75, 3.05) is 13.7 Å². The third-order valence-corrected chi connectivity index (χ3v) is 5.98. The highest BCUT2D eigenvalue weighted by Crippen LogP contribution is 2.27. The Morgan fingerprint density at radius 2 is 1.52 bits per heavy atom. The van der Waals surface area contributed by atoms with Gasteiger partial charge in [0.15, 0.2) is 0 Å². The zero-order valence-corrected chi connectivity index (χ0v) is 23.0. The Morgan fingerprint density at radius 3 is 2.02 bits per heavy atom. The highest BCUT2D eigenvalue weighted by molar-refractivity contribution is 5.98. The molecule has 10 heteroatoms. The van der Waals surface area contributed by atoms with Gasteiger partial charge in [-0.1, -0.05) is 60.7 Å². The number of ether oxygens (including phenoxy) is 2. The standard InChI is InChI=1S/C30H35N3O7/c1-30(2,3)40-29(38)31-18-11-16-22(28(36)37)32-26(34)24-23(39-4)17-19-33(27(24)35)25(20-12-7-5-8-13-20)21-14-9-6-10-15-21/h5-10,12-15,17,19,22,25H,11,16,18H2,1-4H3,(H,31,38)(H,32,34)(H,36,37)/t22-/m0/s1. The molecule has 3 rings (SSSR count). The molecule has 0 spiro atoms. The molecule has 0 aliphatic heterocycles. The number of pyridine rings is 1. The lowest BCUT2D eigenvalue weighted by atomic mass is 9.98. The van der Waals surface area contributed by atoms with E-state index in [9.17, 15) is 24.3 Å². The number of aromatic nitrogens is 1. The van der Waals surface area contributed by atoms with Crippen LogP contribution >= 0.6 is 0 Å². The molecule has 0 fully saturated rings. The second-order valence-electron chi connectivity index (χ2n) is 10.1. The van der Waals surface area contributed by atoms with Crippen LogP contribution in [0.1, 0.15) is 61.1 Å². The van der Waals surface area contributed by atoms with Gasteiger partial charge in [0, 0.05) is 12.7 Å². The molecule has 0 radical (unpaired) electrons. The van der Waals surface area contributed by atoms with E-state index < -0.39 is 41.2 Å². The number of aliphatic carboxylic acids is 1. The van der Waals surface area contributed by atoms with Crippen LogP contribution in [-0.4, -0.2) is 52.9 Å². The first-order valence-corrected chi connectivity index (χ1v) is 12.9. The lowest BCUT2D eigenvalue weighted by Crippen LogP contribution is -2.44. The van der Waals surface area contributed by atoms with Crippen LogP contribution in [0.25, 0.3) is 0 Å². The van der Waals surface area contributed by atoms with Crippen molar-refractivity contribution < 1.29 is 29.0 Å². The fraction of sp³-hybridized carbons (Fsp3) is 0.333. The molecule has 40 heavy (non-hydrogen) atoms. The third-order valence-electron chi connectivity index (χ3n) is 5.98. The van der Waals surface area contributed by atoms with Crippen LogP contribution in [0.3, 0.4) is 0 Å². The van der Waals surface area contributed by atoms with Crippen molar-refractivity contribution in [3.05, 3.63) is 100.0 Å². The summed E-state index contributed by atoms with van der Waals surface area (Å²) in [5.74, 6) is -2.12. The highest BCUT2D eigenvalue weighted by atomic mass is 16.6. The van der Waals surface area contributed by atoms with Gasteiger partial charge < -0.3 is 29.8 Å². The maximum absolute atomic E-state index is 13.8. The summed E-state index contributed by atoms with van der Waals surface area (Å²) in [7, 11) is 1.33. The molecule has 0 saturated heterocycles. The summed E-state index contributed by atoms with van der Waals surface area (Å²) in [5, 5.41) is 14.7. The molecule has 10 nitrogen and oxygen atoms in total. The highest BCUT2D eigenvalue weighted by Gasteiger charge is 2.27. The Kier molecular flexibility index (Phi) is 10.1. The number of nitrogens with zero attached hydrogens (tertiary/aromatic N) is 1. The van der Waals surface area contributed by atoms with E-state index in [1.54, 1.807) is 27.0 Å². The predicted octanol–water partition coefficient (Wildman–Crippen LogP) is 3.98. The van der Waals surface area contributed by atoms with Crippen molar-refractivity contribution in [2.45, 2.75) is 51.3 Å². The number of nitrogens with one attached hydrogen (secondary N) is 2. The molecule has 1 aromatic heterocycles. The van der Waals surface area contributed by atoms with Crippen molar-refractivity contribution in [3.8, 4) is 5.75 Å². The van der Waals surface area contributed by atoms with Crippen LogP contribution in [0.2, 0.25) is 0 Å². The lowest BCUT2D eigenvalue weighted by Gasteiger charge is -2.23. The number of carbonyl (C=O) groups is 3. The first-order valence-electron chi connectivity index (χ1n) is 12.9. The molecule has 0 unspecified atom stereocenters. The first kappa shape index (κ1) is 29.9. The van der Waals surface area contributed by atoms with Crippen LogP contribution in [-0.2, 0) is 9.53 Å². The van der Waals surface area contributed by atoms with Gasteiger partial charge in [-0.05, 0) is 50.8 Å². The second-order valence-corrected chi connectivity index (χ2v) is 10.1. The Bertz CT molecular complexity index is 1330. The number of methoxy groups -OCH3 is 1. The SMILES string of the molecule is COc1ccn(C(c2ccccc2)c2ccccc2)c(=O)c1C(=O)N[C@@H](CCCNC(=O)OC(C)(C)C)C(=O)O. The van der Waals surface area contributed by atoms with Crippen molar-refractivity contribution >= 4 is 18.0 Å². The van der Waals surface area contributed by atoms with Gasteiger partial charge in [-0.3, -0.25) is 9.59 Å². The average molecular weight is 550 g/mol. The largest absolute Gasteiger partial charge is 0.496 e. The Hall–Kier alpha value is -4.60. The summed E-state index contributed by atoms with van der Waals surface area (Å²) in [6.45, 7) is 5.34. The van der Waals surface area contributed by atoms with E-state index >= 15 is 0 Å². The van der Waals surface area contributed by atoms with Gasteiger partial charge in [0.1, 0.15) is 23.0 Å². The number of amides is 2. The van der Waals surface area contributed by atoms with E-state index in [1.807, 2.05) is 60.7 Å². The summed E-state index contributed by atoms with van der Waals surface area (Å²) < 4.78 is 11.9. The molecule has 0 bridgehead atoms. The third kappa shape index (κ3) is 7.95. The van der Waals surface area contributed by atoms with Gasteiger partial charge in [0.05, 0.1) is 13.2 Å². The summed E-state index contributed by atoms with van der Waals surface area (Å²) >= 11 is 0. The zero-order chi connectivity index (χ0) is 29.3. The van der Waals surface area contributed by atoms with Gasteiger partial charge in [-0.2, -0.15) is 0 Å². The van der Waals surface area contributed by atoms with E-state index in [2.05, 4.69) is 10.6 Å². The lowest BCUT2D eigenvalue weighted by molar-refractivity contribution is -0.139. The number of carboxylic acid groups (broad SMARTS) is 1. The molecule has 1 atom stereocenters. The van der Waals surface area contributed by atoms with Gasteiger partial charge in [0.2, 0.25) is 0 Å². The minimum Gasteiger partial charge on any atom is -0.496 e. The summed E-state index contributed by atoms with van der Waals surface area (Å²) in [6.07, 6.45) is 1.19. The minimum absolute atomic E-state index is 0.0108. The number of carbonyl (C=O) groups excluding carboxylic acids is 2. The van der Waals surface area contributed by atoms with E-state index in [0.29, 0.717) is 0 Å². The number of carboxylic acids is 1. The number of alkyl carbamates (subject to hydrolysis) is 1. The van der Waals surface area contributed by atoms with Crippen molar-refractivity contribution in [1.82, 2.24) is 15.2 Å². The fourth-order valence-electron chi connectivity index (χ4n) is 4.20. The van der Waals surface area contributed by atoms with Gasteiger partial charge in [0.25, 0.3) is 11.5 Å². The van der Waals surface area contributed by atoms with Gasteiger partial charge >= 0.3 is 12.1 Å². The number of benzene rings is 2. The first-order chi connectivity index (χ1) is 19.0. The number of rotatable bonds is 11. The van der Waals surface area contributed by atoms with Crippen molar-refractivity contribution in [3.63, 3.8) is 0 Å². The molecule has 0 saturated carbocycles. The molecule has 0 aliphatic rings. The molecular formula is C30H35N3O7. The quantitative estimate of drug-likeness (QED) is 0.308. The van der Waals surface area contributed by atoms with E-state index in [4.69, 9.17) is 9.47 Å². The monoisotopic (exact) mass is 549 g/mol. The molecule has 0 aliphatic carbocycles. The molecule has 2 aromatic carbocycles. The summed E-state index contributed by atoms with van der Waals surface area (Å²) in [5.41, 5.74) is 0.0512. The fourth-order valence-corrected chi connectivity index (χ4v) is 4.20. The van der Waals surface area contributed by atoms with Crippen LogP contribution in [0.4, 0.5) is 4.79 Å². The Balaban J connectivity index is 1.86. The molecule has 2 amide bonds. The number of hydrogen-bond donors (Lipinski definition) is 3. The molecule has 3 N–H and O–H groups in total. The van der Waals surface area contributed by atoms with Crippen LogP contribution in [0.5, 0.6) is 5.75 Å². The van der Waals surface area contributed by atoms with Crippen LogP contribution < -0.4 is 20.9 Å². The normalized spacial score (nSPS) is 11.9. The van der Waals surface area contributed by atoms with Crippen LogP contribution in [0.15, 0.2) is 77.7 Å². The summed E-state index contributed by atoms with van der Waals surface area (Å²) in [4.78, 5) is 50.9. The number of hydrogen-bond acceptors (Lipinski definition) is 6. The smallest absolute Gasteiger partial charge is 0.407 e. The Labute approximate surface area is 232 Å². The maximum Gasteiger partial charge on any atom is 0.407 e. The molecular weight excluding hydrogens is 514 g/mol. The second kappa shape index (κ2) is 13.5. The minimum atomic E-state index is -1.30. The van der Waals surface area contributed by atoms with E-state index in [0.717, 1.165) is 11.1 Å². The molecule has 1 heterocycles. The predicted molar refractivity (Wildman–Crippen MR) is 150 cm³/mol. The zero-order valence-electron chi connectivity index (χ0n) is 23.0. The van der Waals surface area contributed by atoms with Gasteiger partial charge in [-0.25, -0.2) is 9.59 Å². The molecule has 3 aromatic rings. The average Bonchev–Trinajstić information content (AvgIpc) is 2.91. The van der Waals surface area contributed by atoms with Gasteiger partial charge in [-0.15, -0.1) is 0 Å². The van der Waals surface area contributed by atoms with Crippen molar-refractivity contribution in [2.24, 2.45) is 0 Å². The maximum atomic E-state index is 13.8. The van der Waals surface area contributed by atoms with Crippen molar-refractivity contribution in [1.29, 1.82) is 0 Å². The summed E-state index contributed by atoms with van der Waals surface area (Å²) in [6, 6.07) is 18.4.